The number of aryl methyl sites for hydroxylation is 1. The van der Waals surface area contributed by atoms with Gasteiger partial charge in [0.15, 0.2) is 12.0 Å². The third-order valence-corrected chi connectivity index (χ3v) is 1.29. The molecular weight excluding hydrogens is 144 g/mol. The van der Waals surface area contributed by atoms with Crippen molar-refractivity contribution in [2.45, 2.75) is 0 Å². The zero-order chi connectivity index (χ0) is 7.68. The van der Waals surface area contributed by atoms with E-state index >= 15 is 0 Å². The lowest BCUT2D eigenvalue weighted by Crippen LogP contribution is -1.87. The van der Waals surface area contributed by atoms with Gasteiger partial charge in [0, 0.05) is 13.2 Å². The van der Waals surface area contributed by atoms with Gasteiger partial charge in [0.2, 0.25) is 0 Å². The van der Waals surface area contributed by atoms with Crippen LogP contribution >= 0.6 is 0 Å². The van der Waals surface area contributed by atoms with Crippen molar-refractivity contribution in [1.82, 2.24) is 19.9 Å². The monoisotopic (exact) mass is 150 g/mol. The Hall–Kier alpha value is -1.65. The quantitative estimate of drug-likeness (QED) is 0.593. The largest absolute Gasteiger partial charge is 0.332 e. The van der Waals surface area contributed by atoms with E-state index in [1.54, 1.807) is 4.68 Å². The first-order valence-electron chi connectivity index (χ1n) is 3.13. The maximum atomic E-state index is 4.80. The molecule has 0 aliphatic carbocycles. The smallest absolute Gasteiger partial charge is 0.278 e. The molecule has 5 heteroatoms. The number of hydrogen-bond acceptors (Lipinski definition) is 4. The van der Waals surface area contributed by atoms with E-state index in [9.17, 15) is 0 Å². The average molecular weight is 150 g/mol. The van der Waals surface area contributed by atoms with Crippen LogP contribution in [0.3, 0.4) is 0 Å². The van der Waals surface area contributed by atoms with E-state index < -0.39 is 0 Å². The van der Waals surface area contributed by atoms with Crippen molar-refractivity contribution in [2.24, 2.45) is 7.05 Å². The van der Waals surface area contributed by atoms with E-state index in [1.807, 2.05) is 19.3 Å². The van der Waals surface area contributed by atoms with Crippen molar-refractivity contribution < 1.29 is 4.52 Å². The summed E-state index contributed by atoms with van der Waals surface area (Å²) in [6.45, 7) is 0. The second-order valence-electron chi connectivity index (χ2n) is 2.12. The van der Waals surface area contributed by atoms with Gasteiger partial charge in [-0.15, -0.1) is 0 Å². The predicted molar refractivity (Wildman–Crippen MR) is 36.5 cm³/mol. The van der Waals surface area contributed by atoms with E-state index in [0.717, 1.165) is 0 Å². The molecule has 0 saturated heterocycles. The molecule has 2 rings (SSSR count). The molecule has 0 radical (unpaired) electrons. The minimum Gasteiger partial charge on any atom is -0.332 e. The summed E-state index contributed by atoms with van der Waals surface area (Å²) >= 11 is 0. The second kappa shape index (κ2) is 2.19. The van der Waals surface area contributed by atoms with Gasteiger partial charge >= 0.3 is 0 Å². The standard InChI is InChI=1S/C6H6N4O/c1-10-3-2-5(9-10)6-7-4-8-11-6/h2-4H,1H3. The number of nitrogens with zero attached hydrogens (tertiary/aromatic N) is 4. The first-order valence-corrected chi connectivity index (χ1v) is 3.13. The molecule has 0 aromatic carbocycles. The molecule has 56 valence electrons. The molecular formula is C6H6N4O. The molecule has 2 aromatic heterocycles. The van der Waals surface area contributed by atoms with Crippen LogP contribution < -0.4 is 0 Å². The molecule has 11 heavy (non-hydrogen) atoms. The first kappa shape index (κ1) is 6.09. The summed E-state index contributed by atoms with van der Waals surface area (Å²) in [5.74, 6) is 0.450. The SMILES string of the molecule is Cn1ccc(-c2ncno2)n1. The minimum atomic E-state index is 0.450. The molecule has 2 aromatic rings. The van der Waals surface area contributed by atoms with Gasteiger partial charge in [-0.2, -0.15) is 10.1 Å². The maximum Gasteiger partial charge on any atom is 0.278 e. The molecule has 0 N–H and O–H groups in total. The summed E-state index contributed by atoms with van der Waals surface area (Å²) in [5.41, 5.74) is 0.699. The molecule has 0 aliphatic rings. The molecule has 0 atom stereocenters. The lowest BCUT2D eigenvalue weighted by atomic mass is 10.4. The predicted octanol–water partition coefficient (Wildman–Crippen LogP) is 0.470. The molecule has 2 heterocycles. The van der Waals surface area contributed by atoms with Crippen molar-refractivity contribution in [3.8, 4) is 11.6 Å². The van der Waals surface area contributed by atoms with Crippen molar-refractivity contribution in [1.29, 1.82) is 0 Å². The van der Waals surface area contributed by atoms with Crippen LogP contribution in [0.25, 0.3) is 11.6 Å². The fraction of sp³-hybridized carbons (Fsp3) is 0.167. The van der Waals surface area contributed by atoms with Gasteiger partial charge in [0.25, 0.3) is 5.89 Å². The Morgan fingerprint density at radius 1 is 1.55 bits per heavy atom. The average Bonchev–Trinajstić information content (AvgIpc) is 2.55. The lowest BCUT2D eigenvalue weighted by molar-refractivity contribution is 0.428. The molecule has 0 aliphatic heterocycles. The third-order valence-electron chi connectivity index (χ3n) is 1.29. The Bertz CT molecular complexity index is 337. The van der Waals surface area contributed by atoms with Crippen molar-refractivity contribution in [2.75, 3.05) is 0 Å². The van der Waals surface area contributed by atoms with Gasteiger partial charge in [-0.1, -0.05) is 5.16 Å². The zero-order valence-corrected chi connectivity index (χ0v) is 5.93. The topological polar surface area (TPSA) is 56.7 Å². The molecule has 5 nitrogen and oxygen atoms in total. The highest BCUT2D eigenvalue weighted by atomic mass is 16.5. The van der Waals surface area contributed by atoms with Gasteiger partial charge < -0.3 is 4.52 Å². The summed E-state index contributed by atoms with van der Waals surface area (Å²) in [6.07, 6.45) is 3.17. The Morgan fingerprint density at radius 2 is 2.45 bits per heavy atom. The summed E-state index contributed by atoms with van der Waals surface area (Å²) in [7, 11) is 1.83. The second-order valence-corrected chi connectivity index (χ2v) is 2.12. The zero-order valence-electron chi connectivity index (χ0n) is 5.93. The van der Waals surface area contributed by atoms with Gasteiger partial charge in [0.1, 0.15) is 0 Å². The highest BCUT2D eigenvalue weighted by molar-refractivity contribution is 5.44. The van der Waals surface area contributed by atoms with E-state index in [4.69, 9.17) is 4.52 Å². The Labute approximate surface area is 62.6 Å². The Morgan fingerprint density at radius 3 is 3.00 bits per heavy atom. The van der Waals surface area contributed by atoms with E-state index in [0.29, 0.717) is 11.6 Å². The third kappa shape index (κ3) is 1.000. The number of rotatable bonds is 1. The van der Waals surface area contributed by atoms with Crippen molar-refractivity contribution in [3.63, 3.8) is 0 Å². The van der Waals surface area contributed by atoms with Gasteiger partial charge in [-0.05, 0) is 6.07 Å². The lowest BCUT2D eigenvalue weighted by Gasteiger charge is -1.84. The van der Waals surface area contributed by atoms with E-state index in [1.165, 1.54) is 6.33 Å². The molecule has 0 amide bonds. The van der Waals surface area contributed by atoms with Crippen molar-refractivity contribution in [3.05, 3.63) is 18.6 Å². The van der Waals surface area contributed by atoms with E-state index in [2.05, 4.69) is 15.2 Å². The Kier molecular flexibility index (Phi) is 1.21. The summed E-state index contributed by atoms with van der Waals surface area (Å²) in [6, 6.07) is 1.81. The van der Waals surface area contributed by atoms with E-state index in [-0.39, 0.29) is 0 Å². The van der Waals surface area contributed by atoms with Crippen LogP contribution in [-0.2, 0) is 7.05 Å². The maximum absolute atomic E-state index is 4.80. The van der Waals surface area contributed by atoms with Gasteiger partial charge in [0.05, 0.1) is 0 Å². The first-order chi connectivity index (χ1) is 5.36. The van der Waals surface area contributed by atoms with Crippen LogP contribution in [0.4, 0.5) is 0 Å². The van der Waals surface area contributed by atoms with Crippen LogP contribution in [0.2, 0.25) is 0 Å². The van der Waals surface area contributed by atoms with Crippen molar-refractivity contribution >= 4 is 0 Å². The number of aromatic nitrogens is 4. The molecule has 0 bridgehead atoms. The molecule has 0 fully saturated rings. The van der Waals surface area contributed by atoms with Gasteiger partial charge in [-0.3, -0.25) is 4.68 Å². The van der Waals surface area contributed by atoms with Crippen LogP contribution in [0, 0.1) is 0 Å². The molecule has 0 spiro atoms. The van der Waals surface area contributed by atoms with Gasteiger partial charge in [-0.25, -0.2) is 0 Å². The highest BCUT2D eigenvalue weighted by Crippen LogP contribution is 2.10. The molecule has 0 unspecified atom stereocenters. The van der Waals surface area contributed by atoms with Crippen LogP contribution in [0.5, 0.6) is 0 Å². The van der Waals surface area contributed by atoms with Crippen LogP contribution in [0.15, 0.2) is 23.1 Å². The highest BCUT2D eigenvalue weighted by Gasteiger charge is 2.04. The fourth-order valence-corrected chi connectivity index (χ4v) is 0.815. The summed E-state index contributed by atoms with van der Waals surface area (Å²) in [4.78, 5) is 3.85. The van der Waals surface area contributed by atoms with Crippen LogP contribution in [0.1, 0.15) is 0 Å². The normalized spacial score (nSPS) is 10.3. The molecule has 0 saturated carbocycles. The van der Waals surface area contributed by atoms with Crippen LogP contribution in [-0.4, -0.2) is 19.9 Å². The number of hydrogen-bond donors (Lipinski definition) is 0. The fourth-order valence-electron chi connectivity index (χ4n) is 0.815. The summed E-state index contributed by atoms with van der Waals surface area (Å²) < 4.78 is 6.48. The summed E-state index contributed by atoms with van der Waals surface area (Å²) in [5, 5.41) is 7.55. The Balaban J connectivity index is 2.45. The minimum absolute atomic E-state index is 0.450.